The molecular formula is C15H17N3O2. The summed E-state index contributed by atoms with van der Waals surface area (Å²) in [5, 5.41) is 14.4. The summed E-state index contributed by atoms with van der Waals surface area (Å²) in [5.74, 6) is 0. The van der Waals surface area contributed by atoms with Crippen LogP contribution in [0.5, 0.6) is 0 Å². The zero-order valence-corrected chi connectivity index (χ0v) is 11.3. The first-order valence-electron chi connectivity index (χ1n) is 6.58. The van der Waals surface area contributed by atoms with Gasteiger partial charge in [0.1, 0.15) is 0 Å². The van der Waals surface area contributed by atoms with Gasteiger partial charge >= 0.3 is 0 Å². The number of hydrogen-bond donors (Lipinski definition) is 1. The van der Waals surface area contributed by atoms with Gasteiger partial charge in [0.2, 0.25) is 0 Å². The monoisotopic (exact) mass is 271 g/mol. The van der Waals surface area contributed by atoms with Gasteiger partial charge < -0.3 is 5.32 Å². The number of nitro groups is 1. The van der Waals surface area contributed by atoms with Crippen molar-refractivity contribution in [1.82, 2.24) is 10.3 Å². The predicted octanol–water partition coefficient (Wildman–Crippen LogP) is 2.88. The van der Waals surface area contributed by atoms with Crippen LogP contribution in [0.3, 0.4) is 0 Å². The van der Waals surface area contributed by atoms with Crippen molar-refractivity contribution < 1.29 is 4.92 Å². The topological polar surface area (TPSA) is 68.1 Å². The summed E-state index contributed by atoms with van der Waals surface area (Å²) in [4.78, 5) is 14.7. The maximum Gasteiger partial charge on any atom is 0.272 e. The van der Waals surface area contributed by atoms with Gasteiger partial charge in [0, 0.05) is 30.1 Å². The third kappa shape index (κ3) is 3.39. The smallest absolute Gasteiger partial charge is 0.272 e. The molecule has 0 fully saturated rings. The lowest BCUT2D eigenvalue weighted by Crippen LogP contribution is -2.23. The van der Waals surface area contributed by atoms with Crippen LogP contribution < -0.4 is 5.32 Å². The fourth-order valence-electron chi connectivity index (χ4n) is 2.23. The van der Waals surface area contributed by atoms with Crippen LogP contribution in [0.1, 0.15) is 24.1 Å². The van der Waals surface area contributed by atoms with E-state index in [1.807, 2.05) is 31.2 Å². The molecule has 1 aromatic carbocycles. The van der Waals surface area contributed by atoms with Crippen molar-refractivity contribution >= 4 is 5.69 Å². The second-order valence-electron chi connectivity index (χ2n) is 4.48. The molecule has 0 radical (unpaired) electrons. The van der Waals surface area contributed by atoms with E-state index in [0.717, 1.165) is 17.7 Å². The molecule has 0 aliphatic rings. The van der Waals surface area contributed by atoms with Gasteiger partial charge in [-0.2, -0.15) is 0 Å². The Hall–Kier alpha value is -2.27. The van der Waals surface area contributed by atoms with Crippen LogP contribution in [-0.2, 0) is 6.42 Å². The zero-order chi connectivity index (χ0) is 14.4. The lowest BCUT2D eigenvalue weighted by molar-refractivity contribution is -0.385. The fourth-order valence-corrected chi connectivity index (χ4v) is 2.23. The Morgan fingerprint density at radius 2 is 1.95 bits per heavy atom. The quantitative estimate of drug-likeness (QED) is 0.648. The van der Waals surface area contributed by atoms with Crippen molar-refractivity contribution in [1.29, 1.82) is 0 Å². The minimum absolute atomic E-state index is 0.0455. The molecule has 1 atom stereocenters. The van der Waals surface area contributed by atoms with Crippen LogP contribution in [-0.4, -0.2) is 16.5 Å². The number of pyridine rings is 1. The van der Waals surface area contributed by atoms with Crippen LogP contribution in [0.25, 0.3) is 0 Å². The van der Waals surface area contributed by atoms with Crippen molar-refractivity contribution in [3.63, 3.8) is 0 Å². The highest BCUT2D eigenvalue weighted by Gasteiger charge is 2.18. The fraction of sp³-hybridized carbons (Fsp3) is 0.267. The maximum atomic E-state index is 11.1. The molecule has 5 heteroatoms. The summed E-state index contributed by atoms with van der Waals surface area (Å²) < 4.78 is 0. The van der Waals surface area contributed by atoms with Crippen molar-refractivity contribution in [2.75, 3.05) is 6.54 Å². The summed E-state index contributed by atoms with van der Waals surface area (Å²) in [6, 6.07) is 10.8. The van der Waals surface area contributed by atoms with E-state index in [9.17, 15) is 10.1 Å². The number of hydrogen-bond acceptors (Lipinski definition) is 4. The van der Waals surface area contributed by atoms with Crippen molar-refractivity contribution in [2.24, 2.45) is 0 Å². The van der Waals surface area contributed by atoms with E-state index in [4.69, 9.17) is 0 Å². The van der Waals surface area contributed by atoms with E-state index >= 15 is 0 Å². The highest BCUT2D eigenvalue weighted by Crippen LogP contribution is 2.24. The van der Waals surface area contributed by atoms with Crippen LogP contribution >= 0.6 is 0 Å². The van der Waals surface area contributed by atoms with Gasteiger partial charge in [0.05, 0.1) is 4.92 Å². The molecular weight excluding hydrogens is 254 g/mol. The van der Waals surface area contributed by atoms with E-state index in [1.54, 1.807) is 24.5 Å². The van der Waals surface area contributed by atoms with E-state index in [1.165, 1.54) is 0 Å². The summed E-state index contributed by atoms with van der Waals surface area (Å²) in [6.07, 6.45) is 4.05. The van der Waals surface area contributed by atoms with Gasteiger partial charge in [-0.3, -0.25) is 15.1 Å². The Balaban J connectivity index is 2.27. The van der Waals surface area contributed by atoms with E-state index in [-0.39, 0.29) is 16.7 Å². The highest BCUT2D eigenvalue weighted by molar-refractivity contribution is 5.41. The van der Waals surface area contributed by atoms with Crippen molar-refractivity contribution in [3.05, 3.63) is 70.0 Å². The molecule has 1 aromatic heterocycles. The van der Waals surface area contributed by atoms with Crippen molar-refractivity contribution in [2.45, 2.75) is 19.4 Å². The number of nitro benzene ring substituents is 1. The van der Waals surface area contributed by atoms with Gasteiger partial charge in [0.25, 0.3) is 5.69 Å². The van der Waals surface area contributed by atoms with E-state index in [0.29, 0.717) is 6.42 Å². The van der Waals surface area contributed by atoms with E-state index < -0.39 is 0 Å². The number of aromatic nitrogens is 1. The second kappa shape index (κ2) is 6.77. The van der Waals surface area contributed by atoms with Crippen LogP contribution in [0.2, 0.25) is 0 Å². The molecule has 5 nitrogen and oxygen atoms in total. The molecule has 0 amide bonds. The average molecular weight is 271 g/mol. The summed E-state index contributed by atoms with van der Waals surface area (Å²) in [5.41, 5.74) is 1.99. The molecule has 1 unspecified atom stereocenters. The minimum atomic E-state index is -0.328. The first kappa shape index (κ1) is 14.1. The largest absolute Gasteiger partial charge is 0.310 e. The maximum absolute atomic E-state index is 11.1. The summed E-state index contributed by atoms with van der Waals surface area (Å²) in [7, 11) is 0. The predicted molar refractivity (Wildman–Crippen MR) is 77.5 cm³/mol. The molecule has 0 saturated heterocycles. The van der Waals surface area contributed by atoms with Gasteiger partial charge in [-0.25, -0.2) is 0 Å². The number of benzene rings is 1. The number of likely N-dealkylation sites (N-methyl/N-ethyl adjacent to an activating group) is 1. The third-order valence-corrected chi connectivity index (χ3v) is 3.17. The summed E-state index contributed by atoms with van der Waals surface area (Å²) >= 11 is 0. The number of nitrogens with one attached hydrogen (secondary N) is 1. The zero-order valence-electron chi connectivity index (χ0n) is 11.3. The van der Waals surface area contributed by atoms with Crippen molar-refractivity contribution in [3.8, 4) is 0 Å². The van der Waals surface area contributed by atoms with Gasteiger partial charge in [0.15, 0.2) is 0 Å². The highest BCUT2D eigenvalue weighted by atomic mass is 16.6. The van der Waals surface area contributed by atoms with Crippen LogP contribution in [0.15, 0.2) is 48.8 Å². The lowest BCUT2D eigenvalue weighted by atomic mass is 9.98. The van der Waals surface area contributed by atoms with Gasteiger partial charge in [-0.1, -0.05) is 25.1 Å². The Labute approximate surface area is 117 Å². The molecule has 0 aliphatic carbocycles. The number of rotatable bonds is 6. The second-order valence-corrected chi connectivity index (χ2v) is 4.48. The third-order valence-electron chi connectivity index (χ3n) is 3.17. The molecule has 0 saturated carbocycles. The molecule has 0 aliphatic heterocycles. The Bertz CT molecular complexity index is 572. The van der Waals surface area contributed by atoms with Gasteiger partial charge in [-0.05, 0) is 30.7 Å². The molecule has 2 aromatic rings. The molecule has 0 bridgehead atoms. The lowest BCUT2D eigenvalue weighted by Gasteiger charge is -2.18. The Kier molecular flexibility index (Phi) is 4.79. The molecule has 2 rings (SSSR count). The number of nitrogens with zero attached hydrogens (tertiary/aromatic N) is 2. The first-order valence-corrected chi connectivity index (χ1v) is 6.58. The SMILES string of the molecule is CCNC(Cc1ccccc1[N+](=O)[O-])c1ccncc1. The molecule has 1 N–H and O–H groups in total. The van der Waals surface area contributed by atoms with E-state index in [2.05, 4.69) is 10.3 Å². The molecule has 1 heterocycles. The Morgan fingerprint density at radius 3 is 2.60 bits per heavy atom. The summed E-state index contributed by atoms with van der Waals surface area (Å²) in [6.45, 7) is 2.82. The first-order chi connectivity index (χ1) is 9.72. The Morgan fingerprint density at radius 1 is 1.25 bits per heavy atom. The standard InChI is InChI=1S/C15H17N3O2/c1-2-17-14(12-7-9-16-10-8-12)11-13-5-3-4-6-15(13)18(19)20/h3-10,14,17H,2,11H2,1H3. The van der Waals surface area contributed by atoms with Crippen LogP contribution in [0.4, 0.5) is 5.69 Å². The van der Waals surface area contributed by atoms with Crippen LogP contribution in [0, 0.1) is 10.1 Å². The van der Waals surface area contributed by atoms with Gasteiger partial charge in [-0.15, -0.1) is 0 Å². The normalized spacial score (nSPS) is 12.1. The average Bonchev–Trinajstić information content (AvgIpc) is 2.48. The number of para-hydroxylation sites is 1. The molecule has 104 valence electrons. The molecule has 20 heavy (non-hydrogen) atoms. The minimum Gasteiger partial charge on any atom is -0.310 e. The molecule has 0 spiro atoms.